The van der Waals surface area contributed by atoms with Crippen LogP contribution in [0.1, 0.15) is 54.5 Å². The maximum Gasteiger partial charge on any atom is 0.308 e. The summed E-state index contributed by atoms with van der Waals surface area (Å²) in [6, 6.07) is 19.9. The van der Waals surface area contributed by atoms with Gasteiger partial charge in [-0.25, -0.2) is 0 Å². The van der Waals surface area contributed by atoms with Crippen molar-refractivity contribution in [1.29, 1.82) is 0 Å². The fourth-order valence-corrected chi connectivity index (χ4v) is 6.81. The van der Waals surface area contributed by atoms with Crippen LogP contribution in [0.15, 0.2) is 66.9 Å². The molecule has 2 aromatic carbocycles. The van der Waals surface area contributed by atoms with E-state index in [9.17, 15) is 14.7 Å². The molecule has 3 unspecified atom stereocenters. The molecule has 1 amide bonds. The van der Waals surface area contributed by atoms with E-state index in [0.717, 1.165) is 58.5 Å². The topological polar surface area (TPSA) is 83.0 Å². The number of quaternary nitrogens is 1. The lowest BCUT2D eigenvalue weighted by Crippen LogP contribution is -2.44. The van der Waals surface area contributed by atoms with Gasteiger partial charge in [0.25, 0.3) is 0 Å². The molecule has 0 spiro atoms. The molecule has 1 saturated heterocycles. The number of pyridine rings is 1. The van der Waals surface area contributed by atoms with Gasteiger partial charge in [0.1, 0.15) is 12.3 Å². The van der Waals surface area contributed by atoms with E-state index in [1.54, 1.807) is 6.20 Å². The fraction of sp³-hybridized carbons (Fsp3) is 0.472. The van der Waals surface area contributed by atoms with Gasteiger partial charge in [0.05, 0.1) is 40.2 Å². The molecule has 1 aromatic heterocycles. The number of amides is 1. The van der Waals surface area contributed by atoms with Crippen LogP contribution < -0.4 is 9.64 Å². The molecule has 8 heteroatoms. The molecule has 44 heavy (non-hydrogen) atoms. The van der Waals surface area contributed by atoms with Crippen molar-refractivity contribution in [2.75, 3.05) is 52.3 Å². The minimum Gasteiger partial charge on any atom is -0.493 e. The third-order valence-electron chi connectivity index (χ3n) is 8.85. The van der Waals surface area contributed by atoms with Crippen molar-refractivity contribution in [2.45, 2.75) is 57.5 Å². The number of benzene rings is 2. The van der Waals surface area contributed by atoms with E-state index < -0.39 is 11.9 Å². The van der Waals surface area contributed by atoms with Gasteiger partial charge < -0.3 is 19.2 Å². The molecule has 3 aromatic rings. The predicted octanol–water partition coefficient (Wildman–Crippen LogP) is 5.16. The van der Waals surface area contributed by atoms with Gasteiger partial charge in [0.15, 0.2) is 0 Å². The first kappa shape index (κ1) is 31.7. The maximum absolute atomic E-state index is 14.2. The summed E-state index contributed by atoms with van der Waals surface area (Å²) in [5.74, 6) is -0.781. The van der Waals surface area contributed by atoms with E-state index >= 15 is 0 Å². The molecule has 0 saturated carbocycles. The van der Waals surface area contributed by atoms with E-state index in [0.29, 0.717) is 32.5 Å². The van der Waals surface area contributed by atoms with E-state index in [1.807, 2.05) is 47.4 Å². The van der Waals surface area contributed by atoms with Gasteiger partial charge in [0, 0.05) is 54.6 Å². The molecule has 0 aliphatic carbocycles. The Morgan fingerprint density at radius 2 is 1.93 bits per heavy atom. The third kappa shape index (κ3) is 7.66. The number of carbonyl (C=O) groups is 2. The van der Waals surface area contributed by atoms with Crippen LogP contribution in [0.3, 0.4) is 0 Å². The molecule has 234 valence electrons. The minimum atomic E-state index is -0.816. The molecule has 1 fully saturated rings. The van der Waals surface area contributed by atoms with Crippen LogP contribution in [0, 0.1) is 5.92 Å². The molecule has 0 bridgehead atoms. The van der Waals surface area contributed by atoms with E-state index in [1.165, 1.54) is 5.56 Å². The highest BCUT2D eigenvalue weighted by Crippen LogP contribution is 2.41. The van der Waals surface area contributed by atoms with Crippen LogP contribution in [-0.4, -0.2) is 84.8 Å². The van der Waals surface area contributed by atoms with E-state index in [2.05, 4.69) is 56.1 Å². The van der Waals surface area contributed by atoms with Gasteiger partial charge in [0.2, 0.25) is 5.91 Å². The highest BCUT2D eigenvalue weighted by molar-refractivity contribution is 5.95. The smallest absolute Gasteiger partial charge is 0.308 e. The molecule has 2 aliphatic heterocycles. The number of nitrogens with zero attached hydrogens (tertiary/aromatic N) is 4. The summed E-state index contributed by atoms with van der Waals surface area (Å²) in [5.41, 5.74) is 5.16. The number of hydrogen-bond acceptors (Lipinski definition) is 5. The van der Waals surface area contributed by atoms with Crippen molar-refractivity contribution in [3.63, 3.8) is 0 Å². The molecule has 5 rings (SSSR count). The maximum atomic E-state index is 14.2. The first-order chi connectivity index (χ1) is 21.1. The number of aromatic nitrogens is 1. The van der Waals surface area contributed by atoms with Crippen LogP contribution in [0.2, 0.25) is 0 Å². The lowest BCUT2D eigenvalue weighted by molar-refractivity contribution is -0.884. The molecular formula is C36H47N4O4+. The van der Waals surface area contributed by atoms with E-state index in [4.69, 9.17) is 4.74 Å². The van der Waals surface area contributed by atoms with Gasteiger partial charge in [-0.15, -0.1) is 0 Å². The highest BCUT2D eigenvalue weighted by Gasteiger charge is 2.47. The Kier molecular flexibility index (Phi) is 10.0. The molecule has 0 radical (unpaired) electrons. The molecule has 3 heterocycles. The minimum absolute atomic E-state index is 0.0100. The van der Waals surface area contributed by atoms with Gasteiger partial charge >= 0.3 is 5.97 Å². The summed E-state index contributed by atoms with van der Waals surface area (Å²) in [6.07, 6.45) is 5.74. The second-order valence-electron chi connectivity index (χ2n) is 13.3. The molecule has 3 atom stereocenters. The molecule has 8 nitrogen and oxygen atoms in total. The Morgan fingerprint density at radius 1 is 1.09 bits per heavy atom. The number of ether oxygens (including phenoxy) is 1. The summed E-state index contributed by atoms with van der Waals surface area (Å²) in [4.78, 5) is 35.7. The van der Waals surface area contributed by atoms with Crippen molar-refractivity contribution < 1.29 is 23.9 Å². The van der Waals surface area contributed by atoms with Crippen LogP contribution in [0.4, 0.5) is 5.69 Å². The third-order valence-corrected chi connectivity index (χ3v) is 8.85. The van der Waals surface area contributed by atoms with Crippen molar-refractivity contribution in [3.05, 3.63) is 89.2 Å². The van der Waals surface area contributed by atoms with Crippen molar-refractivity contribution in [3.8, 4) is 5.75 Å². The number of carboxylic acids is 1. The van der Waals surface area contributed by atoms with Crippen LogP contribution in [0.25, 0.3) is 0 Å². The highest BCUT2D eigenvalue weighted by atomic mass is 16.5. The van der Waals surface area contributed by atoms with Crippen molar-refractivity contribution >= 4 is 17.6 Å². The summed E-state index contributed by atoms with van der Waals surface area (Å²) >= 11 is 0. The van der Waals surface area contributed by atoms with Crippen molar-refractivity contribution in [1.82, 2.24) is 9.88 Å². The second-order valence-corrected chi connectivity index (χ2v) is 13.3. The number of fused-ring (bicyclic) bond motifs is 1. The summed E-state index contributed by atoms with van der Waals surface area (Å²) in [5, 5.41) is 10.6. The van der Waals surface area contributed by atoms with Crippen LogP contribution in [-0.2, 0) is 29.0 Å². The Labute approximate surface area is 261 Å². The van der Waals surface area contributed by atoms with Crippen LogP contribution >= 0.6 is 0 Å². The normalized spacial score (nSPS) is 19.9. The first-order valence-electron chi connectivity index (χ1n) is 15.9. The number of unbranched alkanes of at least 4 members (excludes halogenated alkanes) is 1. The summed E-state index contributed by atoms with van der Waals surface area (Å²) in [6.45, 7) is 4.96. The standard InChI is InChI=1S/C36H46N4O4/c1-5-6-19-39(30-12-9-10-26(21-30)25-40(2,3)4)34(41)24-38-23-31(27-13-16-33-28(22-27)17-20-44-33)35(36(42)43)32(38)15-14-29-11-7-8-18-37-29/h7-13,16,18,21-22,31-32,35H,5-6,14-15,17,19-20,23-25H2,1-4H3/p+1. The monoisotopic (exact) mass is 599 g/mol. The number of anilines is 1. The number of rotatable bonds is 13. The van der Waals surface area contributed by atoms with Crippen molar-refractivity contribution in [2.24, 2.45) is 5.92 Å². The second kappa shape index (κ2) is 13.9. The van der Waals surface area contributed by atoms with E-state index in [-0.39, 0.29) is 24.4 Å². The number of hydrogen-bond donors (Lipinski definition) is 1. The quantitative estimate of drug-likeness (QED) is 0.274. The lowest BCUT2D eigenvalue weighted by Gasteiger charge is -2.30. The predicted molar refractivity (Wildman–Crippen MR) is 173 cm³/mol. The van der Waals surface area contributed by atoms with Gasteiger partial charge in [-0.3, -0.25) is 19.5 Å². The number of carbonyl (C=O) groups excluding carboxylic acids is 1. The zero-order valence-electron chi connectivity index (χ0n) is 26.6. The zero-order valence-corrected chi connectivity index (χ0v) is 26.6. The number of carboxylic acid groups (broad SMARTS) is 1. The van der Waals surface area contributed by atoms with Gasteiger partial charge in [-0.2, -0.15) is 0 Å². The average molecular weight is 600 g/mol. The summed E-state index contributed by atoms with van der Waals surface area (Å²) < 4.78 is 6.52. The molecule has 2 aliphatic rings. The largest absolute Gasteiger partial charge is 0.493 e. The average Bonchev–Trinajstić information content (AvgIpc) is 3.60. The Morgan fingerprint density at radius 3 is 2.66 bits per heavy atom. The number of aryl methyl sites for hydroxylation is 1. The Balaban J connectivity index is 1.44. The summed E-state index contributed by atoms with van der Waals surface area (Å²) in [7, 11) is 6.48. The van der Waals surface area contributed by atoms with Crippen LogP contribution in [0.5, 0.6) is 5.75 Å². The fourth-order valence-electron chi connectivity index (χ4n) is 6.81. The number of aliphatic carboxylic acids is 1. The first-order valence-corrected chi connectivity index (χ1v) is 15.9. The van der Waals surface area contributed by atoms with Gasteiger partial charge in [-0.05, 0) is 60.7 Å². The zero-order chi connectivity index (χ0) is 31.3. The molecular weight excluding hydrogens is 552 g/mol. The molecule has 1 N–H and O–H groups in total. The number of likely N-dealkylation sites (tertiary alicyclic amines) is 1. The Bertz CT molecular complexity index is 1440. The van der Waals surface area contributed by atoms with Gasteiger partial charge in [-0.1, -0.05) is 43.7 Å². The lowest BCUT2D eigenvalue weighted by atomic mass is 9.83. The SMILES string of the molecule is CCCCN(C(=O)CN1CC(c2ccc3c(c2)CCO3)C(C(=O)O)C1CCc1ccccn1)c1cccc(C[N+](C)(C)C)c1. The Hall–Kier alpha value is -3.75.